The molecule has 0 N–H and O–H groups in total. The average Bonchev–Trinajstić information content (AvgIpc) is 2.54. The molecule has 0 amide bonds. The third kappa shape index (κ3) is 2.57. The average molecular weight is 284 g/mol. The minimum absolute atomic E-state index is 0.493. The number of hydrogen-bond donors (Lipinski definition) is 0. The van der Waals surface area contributed by atoms with Crippen molar-refractivity contribution in [3.8, 4) is 17.2 Å². The molecule has 1 aliphatic heterocycles. The summed E-state index contributed by atoms with van der Waals surface area (Å²) in [4.78, 5) is 0. The second-order valence-electron chi connectivity index (χ2n) is 4.93. The van der Waals surface area contributed by atoms with E-state index < -0.39 is 0 Å². The molecule has 21 heavy (non-hydrogen) atoms. The van der Waals surface area contributed by atoms with E-state index in [4.69, 9.17) is 14.2 Å². The van der Waals surface area contributed by atoms with Gasteiger partial charge in [0.15, 0.2) is 6.21 Å². The van der Waals surface area contributed by atoms with Crippen LogP contribution in [0.25, 0.3) is 0 Å². The van der Waals surface area contributed by atoms with E-state index in [9.17, 15) is 0 Å². The molecule has 0 bridgehead atoms. The summed E-state index contributed by atoms with van der Waals surface area (Å²) < 4.78 is 18.4. The molecule has 0 radical (unpaired) electrons. The number of nitrogens with zero attached hydrogens (tertiary/aromatic N) is 1. The van der Waals surface area contributed by atoms with E-state index >= 15 is 0 Å². The fraction of sp³-hybridized carbons (Fsp3) is 0.235. The highest BCUT2D eigenvalue weighted by molar-refractivity contribution is 5.83. The molecule has 2 aromatic carbocycles. The lowest BCUT2D eigenvalue weighted by atomic mass is 10.1. The van der Waals surface area contributed by atoms with Crippen LogP contribution in [0.1, 0.15) is 11.1 Å². The highest BCUT2D eigenvalue weighted by Gasteiger charge is 2.21. The predicted molar refractivity (Wildman–Crippen MR) is 81.3 cm³/mol. The number of rotatable bonds is 3. The van der Waals surface area contributed by atoms with Crippen molar-refractivity contribution in [2.45, 2.75) is 6.92 Å². The topological polar surface area (TPSA) is 30.7 Å². The Morgan fingerprint density at radius 1 is 1.00 bits per heavy atom. The van der Waals surface area contributed by atoms with E-state index in [2.05, 4.69) is 10.8 Å². The van der Waals surface area contributed by atoms with Gasteiger partial charge in [-0.3, -0.25) is 0 Å². The zero-order chi connectivity index (χ0) is 14.8. The van der Waals surface area contributed by atoms with E-state index in [0.717, 1.165) is 34.1 Å². The van der Waals surface area contributed by atoms with Crippen molar-refractivity contribution in [2.24, 2.45) is 0 Å². The van der Waals surface area contributed by atoms with Crippen molar-refractivity contribution in [3.05, 3.63) is 47.5 Å². The van der Waals surface area contributed by atoms with E-state index in [1.165, 1.54) is 0 Å². The standard InChI is InChI=1S/C17H18NO3/c1-12-8-16(20-3)9-13-10-18(11-21-17(12)13)14-4-6-15(19-2)7-5-14/h4-10H,11H2,1-3H3/q+1. The molecule has 2 aromatic rings. The van der Waals surface area contributed by atoms with Crippen molar-refractivity contribution >= 4 is 11.9 Å². The summed E-state index contributed by atoms with van der Waals surface area (Å²) in [7, 11) is 3.34. The van der Waals surface area contributed by atoms with Crippen LogP contribution >= 0.6 is 0 Å². The zero-order valence-corrected chi connectivity index (χ0v) is 12.4. The molecule has 1 aliphatic rings. The zero-order valence-electron chi connectivity index (χ0n) is 12.4. The number of fused-ring (bicyclic) bond motifs is 1. The Labute approximate surface area is 124 Å². The maximum Gasteiger partial charge on any atom is 0.292 e. The predicted octanol–water partition coefficient (Wildman–Crippen LogP) is 3.13. The monoisotopic (exact) mass is 284 g/mol. The Balaban J connectivity index is 2.00. The van der Waals surface area contributed by atoms with Crippen LogP contribution in [0.2, 0.25) is 0 Å². The molecule has 108 valence electrons. The molecule has 0 unspecified atom stereocenters. The highest BCUT2D eigenvalue weighted by atomic mass is 16.5. The summed E-state index contributed by atoms with van der Waals surface area (Å²) in [5.41, 5.74) is 3.16. The third-order valence-corrected chi connectivity index (χ3v) is 3.56. The molecule has 0 aliphatic carbocycles. The number of ether oxygens (including phenoxy) is 3. The summed E-state index contributed by atoms with van der Waals surface area (Å²) in [5.74, 6) is 2.60. The molecular weight excluding hydrogens is 266 g/mol. The van der Waals surface area contributed by atoms with Crippen LogP contribution in [0.15, 0.2) is 36.4 Å². The molecule has 4 nitrogen and oxygen atoms in total. The van der Waals surface area contributed by atoms with Gasteiger partial charge < -0.3 is 14.2 Å². The van der Waals surface area contributed by atoms with E-state index in [1.54, 1.807) is 14.2 Å². The smallest absolute Gasteiger partial charge is 0.292 e. The largest absolute Gasteiger partial charge is 0.497 e. The van der Waals surface area contributed by atoms with Gasteiger partial charge in [0.2, 0.25) is 5.69 Å². The van der Waals surface area contributed by atoms with Crippen LogP contribution in [-0.4, -0.2) is 31.7 Å². The van der Waals surface area contributed by atoms with E-state index in [-0.39, 0.29) is 0 Å². The van der Waals surface area contributed by atoms with Crippen LogP contribution in [-0.2, 0) is 0 Å². The molecular formula is C17H18NO3+. The molecule has 0 saturated carbocycles. The van der Waals surface area contributed by atoms with Crippen LogP contribution in [0.4, 0.5) is 5.69 Å². The van der Waals surface area contributed by atoms with Gasteiger partial charge in [0.05, 0.1) is 19.8 Å². The summed E-state index contributed by atoms with van der Waals surface area (Å²) in [6.45, 7) is 2.52. The van der Waals surface area contributed by atoms with Crippen molar-refractivity contribution in [1.82, 2.24) is 0 Å². The number of benzene rings is 2. The Kier molecular flexibility index (Phi) is 3.52. The van der Waals surface area contributed by atoms with Gasteiger partial charge >= 0.3 is 0 Å². The van der Waals surface area contributed by atoms with Crippen molar-refractivity contribution < 1.29 is 18.8 Å². The van der Waals surface area contributed by atoms with Crippen LogP contribution < -0.4 is 14.2 Å². The molecule has 0 fully saturated rings. The molecule has 0 aromatic heterocycles. The van der Waals surface area contributed by atoms with Crippen molar-refractivity contribution in [3.63, 3.8) is 0 Å². The number of hydrogen-bond acceptors (Lipinski definition) is 3. The first kappa shape index (κ1) is 13.5. The first-order valence-electron chi connectivity index (χ1n) is 6.78. The minimum Gasteiger partial charge on any atom is -0.497 e. The highest BCUT2D eigenvalue weighted by Crippen LogP contribution is 2.31. The maximum atomic E-state index is 5.89. The molecule has 4 heteroatoms. The Morgan fingerprint density at radius 3 is 2.38 bits per heavy atom. The van der Waals surface area contributed by atoms with Gasteiger partial charge in [-0.15, -0.1) is 0 Å². The van der Waals surface area contributed by atoms with Gasteiger partial charge in [0.25, 0.3) is 6.73 Å². The Hall–Kier alpha value is -2.49. The number of aryl methyl sites for hydroxylation is 1. The van der Waals surface area contributed by atoms with Crippen LogP contribution in [0.3, 0.4) is 0 Å². The lowest BCUT2D eigenvalue weighted by Gasteiger charge is -2.16. The first-order valence-corrected chi connectivity index (χ1v) is 6.78. The van der Waals surface area contributed by atoms with E-state index in [1.807, 2.05) is 43.3 Å². The fourth-order valence-corrected chi connectivity index (χ4v) is 2.44. The van der Waals surface area contributed by atoms with Crippen LogP contribution in [0.5, 0.6) is 17.2 Å². The van der Waals surface area contributed by atoms with Crippen molar-refractivity contribution in [2.75, 3.05) is 21.0 Å². The molecule has 1 heterocycles. The van der Waals surface area contributed by atoms with Gasteiger partial charge in [0, 0.05) is 12.1 Å². The van der Waals surface area contributed by atoms with Gasteiger partial charge in [-0.1, -0.05) is 0 Å². The van der Waals surface area contributed by atoms with Gasteiger partial charge in [-0.05, 0) is 36.8 Å². The third-order valence-electron chi connectivity index (χ3n) is 3.56. The summed E-state index contributed by atoms with van der Waals surface area (Å²) in [6.07, 6.45) is 2.08. The summed E-state index contributed by atoms with van der Waals surface area (Å²) in [5, 5.41) is 0. The molecule has 0 saturated heterocycles. The minimum atomic E-state index is 0.493. The van der Waals surface area contributed by atoms with Crippen LogP contribution in [0, 0.1) is 6.92 Å². The fourth-order valence-electron chi connectivity index (χ4n) is 2.44. The first-order chi connectivity index (χ1) is 10.2. The van der Waals surface area contributed by atoms with Gasteiger partial charge in [-0.25, -0.2) is 0 Å². The summed E-state index contributed by atoms with van der Waals surface area (Å²) >= 11 is 0. The van der Waals surface area contributed by atoms with Crippen molar-refractivity contribution in [1.29, 1.82) is 0 Å². The maximum absolute atomic E-state index is 5.89. The normalized spacial score (nSPS) is 13.0. The second kappa shape index (κ2) is 5.48. The summed E-state index contributed by atoms with van der Waals surface area (Å²) in [6, 6.07) is 11.9. The Morgan fingerprint density at radius 2 is 1.71 bits per heavy atom. The quantitative estimate of drug-likeness (QED) is 0.811. The number of methoxy groups -OCH3 is 2. The van der Waals surface area contributed by atoms with Gasteiger partial charge in [-0.2, -0.15) is 4.58 Å². The molecule has 0 spiro atoms. The molecule has 0 atom stereocenters. The second-order valence-corrected chi connectivity index (χ2v) is 4.93. The SMILES string of the molecule is COc1ccc([N+]2=Cc3cc(OC)cc(C)c3OC2)cc1. The van der Waals surface area contributed by atoms with Gasteiger partial charge in [0.1, 0.15) is 17.2 Å². The molecule has 3 rings (SSSR count). The Bertz CT molecular complexity index is 690. The lowest BCUT2D eigenvalue weighted by Crippen LogP contribution is -2.21. The van der Waals surface area contributed by atoms with E-state index in [0.29, 0.717) is 6.73 Å². The lowest BCUT2D eigenvalue weighted by molar-refractivity contribution is -0.476.